The summed E-state index contributed by atoms with van der Waals surface area (Å²) in [6, 6.07) is 8.04. The second-order valence-electron chi connectivity index (χ2n) is 4.38. The number of hydrogen-bond acceptors (Lipinski definition) is 2. The minimum absolute atomic E-state index is 0.488. The fraction of sp³-hybridized carbons (Fsp3) is 0.400. The summed E-state index contributed by atoms with van der Waals surface area (Å²) < 4.78 is 0. The van der Waals surface area contributed by atoms with E-state index in [0.717, 1.165) is 11.1 Å². The Morgan fingerprint density at radius 2 is 2.12 bits per heavy atom. The Morgan fingerprint density at radius 1 is 1.35 bits per heavy atom. The van der Waals surface area contributed by atoms with Crippen LogP contribution in [0.1, 0.15) is 36.8 Å². The molecule has 89 valence electrons. The summed E-state index contributed by atoms with van der Waals surface area (Å²) in [5, 5.41) is 3.94. The second kappa shape index (κ2) is 6.24. The van der Waals surface area contributed by atoms with Gasteiger partial charge in [0.25, 0.3) is 0 Å². The normalized spacial score (nSPS) is 16.5. The largest absolute Gasteiger partial charge is 0.391 e. The van der Waals surface area contributed by atoms with E-state index in [1.54, 1.807) is 0 Å². The summed E-state index contributed by atoms with van der Waals surface area (Å²) >= 11 is 0. The van der Waals surface area contributed by atoms with E-state index in [1.165, 1.54) is 25.7 Å². The van der Waals surface area contributed by atoms with E-state index in [1.807, 2.05) is 30.3 Å². The van der Waals surface area contributed by atoms with E-state index in [-0.39, 0.29) is 0 Å². The molecule has 1 radical (unpaired) electrons. The van der Waals surface area contributed by atoms with Crippen molar-refractivity contribution in [2.75, 3.05) is 0 Å². The van der Waals surface area contributed by atoms with Crippen molar-refractivity contribution in [3.63, 3.8) is 0 Å². The van der Waals surface area contributed by atoms with Crippen molar-refractivity contribution in [1.82, 2.24) is 0 Å². The van der Waals surface area contributed by atoms with Crippen LogP contribution in [0.15, 0.2) is 36.0 Å². The van der Waals surface area contributed by atoms with E-state index < -0.39 is 0 Å². The van der Waals surface area contributed by atoms with Gasteiger partial charge in [0.1, 0.15) is 12.8 Å². The minimum atomic E-state index is 0.488. The first-order chi connectivity index (χ1) is 8.40. The topological polar surface area (TPSA) is 21.6 Å². The third-order valence-electron chi connectivity index (χ3n) is 3.15. The lowest BCUT2D eigenvalue weighted by molar-refractivity contribution is 0.130. The molecule has 2 heteroatoms. The molecule has 0 saturated heterocycles. The lowest BCUT2D eigenvalue weighted by Gasteiger charge is -2.04. The van der Waals surface area contributed by atoms with Crippen LogP contribution in [0.4, 0.5) is 0 Å². The van der Waals surface area contributed by atoms with Crippen molar-refractivity contribution in [2.45, 2.75) is 32.3 Å². The second-order valence-corrected chi connectivity index (χ2v) is 4.38. The minimum Gasteiger partial charge on any atom is -0.391 e. The molecule has 1 aromatic rings. The lowest BCUT2D eigenvalue weighted by atomic mass is 10.1. The van der Waals surface area contributed by atoms with Crippen LogP contribution >= 0.6 is 0 Å². The molecule has 0 unspecified atom stereocenters. The third kappa shape index (κ3) is 3.45. The Labute approximate surface area is 103 Å². The van der Waals surface area contributed by atoms with Gasteiger partial charge in [-0.2, -0.15) is 0 Å². The van der Waals surface area contributed by atoms with Gasteiger partial charge in [-0.25, -0.2) is 0 Å². The van der Waals surface area contributed by atoms with Crippen LogP contribution in [-0.2, 0) is 11.4 Å². The van der Waals surface area contributed by atoms with E-state index in [0.29, 0.717) is 12.5 Å². The van der Waals surface area contributed by atoms with Crippen molar-refractivity contribution < 1.29 is 4.84 Å². The Balaban J connectivity index is 1.82. The monoisotopic (exact) mass is 228 g/mol. The Morgan fingerprint density at radius 3 is 2.88 bits per heavy atom. The highest BCUT2D eigenvalue weighted by Crippen LogP contribution is 2.22. The first-order valence-corrected chi connectivity index (χ1v) is 6.18. The molecule has 1 aliphatic rings. The van der Waals surface area contributed by atoms with E-state index in [4.69, 9.17) is 4.84 Å². The smallest absolute Gasteiger partial charge is 0.142 e. The van der Waals surface area contributed by atoms with Crippen molar-refractivity contribution in [3.05, 3.63) is 42.0 Å². The molecule has 0 bridgehead atoms. The zero-order valence-corrected chi connectivity index (χ0v) is 10.1. The molecule has 0 spiro atoms. The lowest BCUT2D eigenvalue weighted by Crippen LogP contribution is -1.96. The maximum atomic E-state index is 5.29. The molecular formula is C15H18NO. The number of rotatable bonds is 5. The first-order valence-electron chi connectivity index (χ1n) is 6.18. The summed E-state index contributed by atoms with van der Waals surface area (Å²) in [6.07, 6.45) is 9.91. The van der Waals surface area contributed by atoms with Gasteiger partial charge in [0.2, 0.25) is 0 Å². The van der Waals surface area contributed by atoms with Gasteiger partial charge >= 0.3 is 0 Å². The van der Waals surface area contributed by atoms with Crippen LogP contribution < -0.4 is 0 Å². The van der Waals surface area contributed by atoms with Crippen molar-refractivity contribution >= 4 is 12.3 Å². The fourth-order valence-electron chi connectivity index (χ4n) is 2.13. The molecule has 0 atom stereocenters. The molecule has 2 nitrogen and oxygen atoms in total. The van der Waals surface area contributed by atoms with E-state index in [9.17, 15) is 0 Å². The van der Waals surface area contributed by atoms with Gasteiger partial charge in [0.05, 0.1) is 0 Å². The summed E-state index contributed by atoms with van der Waals surface area (Å²) in [6.45, 7) is 4.27. The van der Waals surface area contributed by atoms with Gasteiger partial charge in [0, 0.05) is 5.92 Å². The molecule has 0 amide bonds. The fourth-order valence-corrected chi connectivity index (χ4v) is 2.13. The standard InChI is InChI=1S/C15H18NO/c1-2-14-9-5-6-10-15(14)12-17-16-11-13-7-3-4-8-13/h2,5-6,9-10,13H,1,3-4,7-8,12H2. The van der Waals surface area contributed by atoms with Crippen molar-refractivity contribution in [2.24, 2.45) is 11.1 Å². The van der Waals surface area contributed by atoms with Gasteiger partial charge in [-0.05, 0) is 24.0 Å². The Hall–Kier alpha value is -1.57. The molecule has 0 aliphatic heterocycles. The molecule has 1 aliphatic carbocycles. The highest BCUT2D eigenvalue weighted by molar-refractivity contribution is 5.60. The average molecular weight is 228 g/mol. The zero-order chi connectivity index (χ0) is 11.9. The molecule has 2 rings (SSSR count). The number of benzene rings is 1. The molecule has 17 heavy (non-hydrogen) atoms. The number of hydrogen-bond donors (Lipinski definition) is 0. The van der Waals surface area contributed by atoms with Crippen molar-refractivity contribution in [1.29, 1.82) is 0 Å². The van der Waals surface area contributed by atoms with Gasteiger partial charge in [-0.3, -0.25) is 0 Å². The molecule has 0 aromatic heterocycles. The summed E-state index contributed by atoms with van der Waals surface area (Å²) in [5.41, 5.74) is 2.21. The van der Waals surface area contributed by atoms with Gasteiger partial charge in [0.15, 0.2) is 0 Å². The first kappa shape index (κ1) is 11.9. The summed E-state index contributed by atoms with van der Waals surface area (Å²) in [4.78, 5) is 5.29. The van der Waals surface area contributed by atoms with Gasteiger partial charge < -0.3 is 4.84 Å². The molecule has 0 N–H and O–H groups in total. The molecule has 1 saturated carbocycles. The molecule has 1 aromatic carbocycles. The summed E-state index contributed by atoms with van der Waals surface area (Å²) in [7, 11) is 0. The Bertz CT molecular complexity index is 392. The highest BCUT2D eigenvalue weighted by atomic mass is 16.6. The SMILES string of the molecule is C=Cc1ccccc1CO/N=[C]\C1CCCC1. The predicted octanol–water partition coefficient (Wildman–Crippen LogP) is 3.90. The highest BCUT2D eigenvalue weighted by Gasteiger charge is 2.13. The Kier molecular flexibility index (Phi) is 4.37. The van der Waals surface area contributed by atoms with Gasteiger partial charge in [-0.1, -0.05) is 54.9 Å². The van der Waals surface area contributed by atoms with E-state index >= 15 is 0 Å². The average Bonchev–Trinajstić information content (AvgIpc) is 2.88. The zero-order valence-electron chi connectivity index (χ0n) is 10.1. The maximum Gasteiger partial charge on any atom is 0.142 e. The van der Waals surface area contributed by atoms with Gasteiger partial charge in [-0.15, -0.1) is 0 Å². The molecule has 0 heterocycles. The number of nitrogens with zero attached hydrogens (tertiary/aromatic N) is 1. The molecular weight excluding hydrogens is 210 g/mol. The summed E-state index contributed by atoms with van der Waals surface area (Å²) in [5.74, 6) is 0.504. The third-order valence-corrected chi connectivity index (χ3v) is 3.15. The quantitative estimate of drug-likeness (QED) is 0.553. The predicted molar refractivity (Wildman–Crippen MR) is 70.7 cm³/mol. The van der Waals surface area contributed by atoms with Crippen LogP contribution in [0.5, 0.6) is 0 Å². The van der Waals surface area contributed by atoms with Crippen LogP contribution in [-0.4, -0.2) is 6.21 Å². The van der Waals surface area contributed by atoms with Crippen LogP contribution in [0.3, 0.4) is 0 Å². The molecule has 1 fully saturated rings. The van der Waals surface area contributed by atoms with Crippen LogP contribution in [0, 0.1) is 5.92 Å². The van der Waals surface area contributed by atoms with Crippen LogP contribution in [0.2, 0.25) is 0 Å². The van der Waals surface area contributed by atoms with Crippen LogP contribution in [0.25, 0.3) is 6.08 Å². The maximum absolute atomic E-state index is 5.29. The van der Waals surface area contributed by atoms with E-state index in [2.05, 4.69) is 17.9 Å². The van der Waals surface area contributed by atoms with Crippen molar-refractivity contribution in [3.8, 4) is 0 Å².